The highest BCUT2D eigenvalue weighted by Crippen LogP contribution is 2.30. The number of ether oxygens (including phenoxy) is 1. The van der Waals surface area contributed by atoms with Crippen molar-refractivity contribution in [3.05, 3.63) is 35.4 Å². The van der Waals surface area contributed by atoms with Crippen LogP contribution >= 0.6 is 0 Å². The molecule has 31 heavy (non-hydrogen) atoms. The third-order valence-electron chi connectivity index (χ3n) is 4.61. The largest absolute Gasteiger partial charge is 0.474 e. The van der Waals surface area contributed by atoms with E-state index in [-0.39, 0.29) is 35.8 Å². The Morgan fingerprint density at radius 1 is 1.39 bits per heavy atom. The molecule has 1 saturated carbocycles. The standard InChI is InChI=1S/C21H25N5O5/c1-21(2,29)11-30-26-19(28)16-17(23)24-18(13-5-3-4-12(8-13)10-22)25-20(16)31-15-7-6-14(27)9-15/h3-5,8,14-15,27,29H,6-7,9,11H2,1-2H3,(H,26,28)(H2,23,24,25)/t14-,15-/m1/s1. The number of nitriles is 1. The highest BCUT2D eigenvalue weighted by Gasteiger charge is 2.29. The van der Waals surface area contributed by atoms with Crippen molar-refractivity contribution in [2.45, 2.75) is 50.9 Å². The molecule has 1 aliphatic rings. The lowest BCUT2D eigenvalue weighted by Crippen LogP contribution is -2.34. The van der Waals surface area contributed by atoms with E-state index >= 15 is 0 Å². The number of aromatic nitrogens is 2. The number of rotatable bonds is 7. The van der Waals surface area contributed by atoms with Gasteiger partial charge in [0.15, 0.2) is 5.82 Å². The van der Waals surface area contributed by atoms with Gasteiger partial charge >= 0.3 is 0 Å². The number of hydroxylamine groups is 1. The lowest BCUT2D eigenvalue weighted by Gasteiger charge is -2.19. The van der Waals surface area contributed by atoms with Crippen LogP contribution in [0.4, 0.5) is 5.82 Å². The second kappa shape index (κ2) is 9.26. The molecule has 0 aliphatic heterocycles. The lowest BCUT2D eigenvalue weighted by atomic mass is 10.1. The van der Waals surface area contributed by atoms with Crippen LogP contribution in [-0.2, 0) is 4.84 Å². The maximum Gasteiger partial charge on any atom is 0.284 e. The summed E-state index contributed by atoms with van der Waals surface area (Å²) in [6.07, 6.45) is 0.758. The van der Waals surface area contributed by atoms with Crippen LogP contribution in [0.15, 0.2) is 24.3 Å². The Morgan fingerprint density at radius 3 is 2.81 bits per heavy atom. The number of hydrogen-bond acceptors (Lipinski definition) is 9. The molecule has 1 amide bonds. The SMILES string of the molecule is CC(C)(O)CONC(=O)c1c(N)nc(-c2cccc(C#N)c2)nc1O[C@@H]1CC[C@@H](O)C1. The molecule has 10 nitrogen and oxygen atoms in total. The van der Waals surface area contributed by atoms with Crippen LogP contribution in [0.3, 0.4) is 0 Å². The fraction of sp³-hybridized carbons (Fsp3) is 0.429. The first-order chi connectivity index (χ1) is 14.7. The van der Waals surface area contributed by atoms with Crippen molar-refractivity contribution < 1.29 is 24.6 Å². The van der Waals surface area contributed by atoms with E-state index in [1.165, 1.54) is 13.8 Å². The van der Waals surface area contributed by atoms with E-state index < -0.39 is 17.6 Å². The summed E-state index contributed by atoms with van der Waals surface area (Å²) in [6, 6.07) is 8.69. The Bertz CT molecular complexity index is 999. The number of nitrogens with two attached hydrogens (primary N) is 1. The fourth-order valence-electron chi connectivity index (χ4n) is 3.12. The number of amides is 1. The Kier molecular flexibility index (Phi) is 6.70. The number of nitrogen functional groups attached to an aromatic ring is 1. The zero-order valence-corrected chi connectivity index (χ0v) is 17.3. The van der Waals surface area contributed by atoms with Crippen molar-refractivity contribution in [1.29, 1.82) is 5.26 Å². The average molecular weight is 427 g/mol. The molecule has 2 atom stereocenters. The monoisotopic (exact) mass is 427 g/mol. The Balaban J connectivity index is 1.94. The molecule has 0 spiro atoms. The second-order valence-corrected chi connectivity index (χ2v) is 8.04. The van der Waals surface area contributed by atoms with Gasteiger partial charge in [-0.3, -0.25) is 9.63 Å². The highest BCUT2D eigenvalue weighted by atomic mass is 16.7. The maximum absolute atomic E-state index is 12.7. The molecule has 1 aromatic carbocycles. The summed E-state index contributed by atoms with van der Waals surface area (Å²) >= 11 is 0. The van der Waals surface area contributed by atoms with Gasteiger partial charge in [0.2, 0.25) is 5.88 Å². The van der Waals surface area contributed by atoms with Gasteiger partial charge in [-0.1, -0.05) is 12.1 Å². The first-order valence-electron chi connectivity index (χ1n) is 9.83. The van der Waals surface area contributed by atoms with Crippen LogP contribution in [0.2, 0.25) is 0 Å². The maximum atomic E-state index is 12.7. The number of carbonyl (C=O) groups excluding carboxylic acids is 1. The van der Waals surface area contributed by atoms with Crippen LogP contribution in [-0.4, -0.2) is 50.5 Å². The highest BCUT2D eigenvalue weighted by molar-refractivity contribution is 6.00. The smallest absolute Gasteiger partial charge is 0.284 e. The molecular formula is C21H25N5O5. The first kappa shape index (κ1) is 22.4. The van der Waals surface area contributed by atoms with E-state index in [0.29, 0.717) is 30.4 Å². The quantitative estimate of drug-likeness (QED) is 0.477. The van der Waals surface area contributed by atoms with Crippen molar-refractivity contribution >= 4 is 11.7 Å². The summed E-state index contributed by atoms with van der Waals surface area (Å²) in [7, 11) is 0. The predicted molar refractivity (Wildman–Crippen MR) is 111 cm³/mol. The van der Waals surface area contributed by atoms with E-state index in [0.717, 1.165) is 0 Å². The van der Waals surface area contributed by atoms with Gasteiger partial charge in [-0.15, -0.1) is 0 Å². The van der Waals surface area contributed by atoms with E-state index in [9.17, 15) is 15.0 Å². The zero-order chi connectivity index (χ0) is 22.6. The number of benzene rings is 1. The summed E-state index contributed by atoms with van der Waals surface area (Å²) in [5.41, 5.74) is 7.99. The third kappa shape index (κ3) is 5.88. The van der Waals surface area contributed by atoms with Gasteiger partial charge in [0.1, 0.15) is 24.1 Å². The molecule has 1 aliphatic carbocycles. The first-order valence-corrected chi connectivity index (χ1v) is 9.83. The summed E-state index contributed by atoms with van der Waals surface area (Å²) < 4.78 is 5.92. The molecule has 0 saturated heterocycles. The Labute approximate surface area is 179 Å². The number of anilines is 1. The number of carbonyl (C=O) groups is 1. The van der Waals surface area contributed by atoms with E-state index in [1.54, 1.807) is 24.3 Å². The summed E-state index contributed by atoms with van der Waals surface area (Å²) in [5.74, 6) is -0.719. The predicted octanol–water partition coefficient (Wildman–Crippen LogP) is 1.32. The van der Waals surface area contributed by atoms with Gasteiger partial charge in [-0.25, -0.2) is 10.5 Å². The van der Waals surface area contributed by atoms with E-state index in [1.807, 2.05) is 6.07 Å². The molecule has 1 aromatic heterocycles. The third-order valence-corrected chi connectivity index (χ3v) is 4.61. The van der Waals surface area contributed by atoms with Crippen LogP contribution in [0.1, 0.15) is 49.0 Å². The van der Waals surface area contributed by atoms with Gasteiger partial charge in [-0.2, -0.15) is 10.2 Å². The number of aliphatic hydroxyl groups excluding tert-OH is 1. The van der Waals surface area contributed by atoms with E-state index in [4.69, 9.17) is 20.6 Å². The van der Waals surface area contributed by atoms with Gasteiger partial charge in [-0.05, 0) is 38.8 Å². The molecule has 5 N–H and O–H groups in total. The summed E-state index contributed by atoms with van der Waals surface area (Å²) in [4.78, 5) is 26.4. The van der Waals surface area contributed by atoms with Gasteiger partial charge in [0.25, 0.3) is 5.91 Å². The van der Waals surface area contributed by atoms with Crippen molar-refractivity contribution in [1.82, 2.24) is 15.4 Å². The Morgan fingerprint density at radius 2 is 2.16 bits per heavy atom. The minimum absolute atomic E-state index is 0.0479. The summed E-state index contributed by atoms with van der Waals surface area (Å²) in [5, 5.41) is 28.7. The molecule has 3 rings (SSSR count). The normalized spacial score (nSPS) is 18.4. The van der Waals surface area contributed by atoms with Crippen LogP contribution < -0.4 is 16.0 Å². The Hall–Kier alpha value is -3.26. The second-order valence-electron chi connectivity index (χ2n) is 8.04. The van der Waals surface area contributed by atoms with Crippen LogP contribution in [0.5, 0.6) is 5.88 Å². The molecule has 0 unspecified atom stereocenters. The van der Waals surface area contributed by atoms with Crippen molar-refractivity contribution in [3.8, 4) is 23.3 Å². The molecule has 0 bridgehead atoms. The number of nitrogens with zero attached hydrogens (tertiary/aromatic N) is 3. The number of nitrogens with one attached hydrogen (secondary N) is 1. The van der Waals surface area contributed by atoms with Crippen molar-refractivity contribution in [2.24, 2.45) is 0 Å². The molecular weight excluding hydrogens is 402 g/mol. The van der Waals surface area contributed by atoms with Crippen molar-refractivity contribution in [2.75, 3.05) is 12.3 Å². The molecule has 10 heteroatoms. The molecule has 1 heterocycles. The minimum atomic E-state index is -1.15. The van der Waals surface area contributed by atoms with E-state index in [2.05, 4.69) is 15.4 Å². The number of hydrogen-bond donors (Lipinski definition) is 4. The van der Waals surface area contributed by atoms with Crippen LogP contribution in [0, 0.1) is 11.3 Å². The minimum Gasteiger partial charge on any atom is -0.474 e. The molecule has 2 aromatic rings. The number of aliphatic hydroxyl groups is 2. The van der Waals surface area contributed by atoms with Gasteiger partial charge in [0.05, 0.1) is 23.3 Å². The average Bonchev–Trinajstić information content (AvgIpc) is 3.11. The van der Waals surface area contributed by atoms with Gasteiger partial charge in [0, 0.05) is 12.0 Å². The topological polar surface area (TPSA) is 164 Å². The summed E-state index contributed by atoms with van der Waals surface area (Å²) in [6.45, 7) is 2.91. The lowest BCUT2D eigenvalue weighted by molar-refractivity contribution is -0.0523. The van der Waals surface area contributed by atoms with Gasteiger partial charge < -0.3 is 20.7 Å². The molecule has 164 valence electrons. The van der Waals surface area contributed by atoms with Crippen molar-refractivity contribution in [3.63, 3.8) is 0 Å². The molecule has 0 radical (unpaired) electrons. The van der Waals surface area contributed by atoms with Crippen LogP contribution in [0.25, 0.3) is 11.4 Å². The zero-order valence-electron chi connectivity index (χ0n) is 17.3. The fourth-order valence-corrected chi connectivity index (χ4v) is 3.12. The molecule has 1 fully saturated rings.